The lowest BCUT2D eigenvalue weighted by molar-refractivity contribution is -0.148. The van der Waals surface area contributed by atoms with Gasteiger partial charge in [-0.15, -0.1) is 0 Å². The fraction of sp³-hybridized carbons (Fsp3) is 0.278. The van der Waals surface area contributed by atoms with Crippen LogP contribution in [-0.2, 0) is 40.2 Å². The quantitative estimate of drug-likeness (QED) is 0.224. The summed E-state index contributed by atoms with van der Waals surface area (Å²) in [7, 11) is 0. The molecule has 1 amide bonds. The van der Waals surface area contributed by atoms with Gasteiger partial charge in [0, 0.05) is 5.69 Å². The molecule has 1 aliphatic heterocycles. The highest BCUT2D eigenvalue weighted by Gasteiger charge is 2.36. The van der Waals surface area contributed by atoms with E-state index < -0.39 is 12.1 Å². The molecule has 0 saturated carbocycles. The first kappa shape index (κ1) is 28.3. The second-order valence-electron chi connectivity index (χ2n) is 11.2. The largest absolute Gasteiger partial charge is 0.460 e. The molecule has 0 saturated heterocycles. The summed E-state index contributed by atoms with van der Waals surface area (Å²) in [6.45, 7) is 4.55. The van der Waals surface area contributed by atoms with Crippen LogP contribution in [0.15, 0.2) is 109 Å². The molecule has 0 radical (unpaired) electrons. The molecule has 5 rings (SSSR count). The number of benzene rings is 4. The van der Waals surface area contributed by atoms with E-state index in [0.717, 1.165) is 22.4 Å². The van der Waals surface area contributed by atoms with Crippen LogP contribution < -0.4 is 10.6 Å². The SMILES string of the molecule is CC(C)c1ccc(CC2Cc3ccccc3NC(=O)[C@H]2N[C@@H](Cc2ccccc2)C(=O)OCc2ccccc2)cc1. The van der Waals surface area contributed by atoms with Crippen LogP contribution in [0.1, 0.15) is 47.6 Å². The van der Waals surface area contributed by atoms with E-state index in [-0.39, 0.29) is 24.4 Å². The molecule has 0 fully saturated rings. The monoisotopic (exact) mass is 546 g/mol. The number of hydrogen-bond donors (Lipinski definition) is 2. The van der Waals surface area contributed by atoms with Gasteiger partial charge in [-0.1, -0.05) is 117 Å². The average molecular weight is 547 g/mol. The highest BCUT2D eigenvalue weighted by atomic mass is 16.5. The summed E-state index contributed by atoms with van der Waals surface area (Å²) in [6.07, 6.45) is 1.82. The van der Waals surface area contributed by atoms with Crippen molar-refractivity contribution < 1.29 is 14.3 Å². The third-order valence-electron chi connectivity index (χ3n) is 7.83. The molecular weight excluding hydrogens is 508 g/mol. The Bertz CT molecular complexity index is 1430. The van der Waals surface area contributed by atoms with Crippen molar-refractivity contribution in [2.75, 3.05) is 5.32 Å². The lowest BCUT2D eigenvalue weighted by Gasteiger charge is -2.29. The first-order valence-electron chi connectivity index (χ1n) is 14.4. The van der Waals surface area contributed by atoms with Crippen LogP contribution in [0, 0.1) is 5.92 Å². The van der Waals surface area contributed by atoms with Crippen molar-refractivity contribution in [3.63, 3.8) is 0 Å². The van der Waals surface area contributed by atoms with Gasteiger partial charge in [0.1, 0.15) is 12.6 Å². The van der Waals surface area contributed by atoms with Crippen molar-refractivity contribution in [1.29, 1.82) is 0 Å². The Balaban J connectivity index is 1.42. The van der Waals surface area contributed by atoms with Gasteiger partial charge in [-0.25, -0.2) is 0 Å². The maximum atomic E-state index is 13.8. The highest BCUT2D eigenvalue weighted by molar-refractivity contribution is 5.97. The van der Waals surface area contributed by atoms with Crippen LogP contribution in [0.5, 0.6) is 0 Å². The maximum absolute atomic E-state index is 13.8. The van der Waals surface area contributed by atoms with Crippen molar-refractivity contribution in [1.82, 2.24) is 5.32 Å². The van der Waals surface area contributed by atoms with Crippen molar-refractivity contribution in [2.24, 2.45) is 5.92 Å². The number of anilines is 1. The van der Waals surface area contributed by atoms with E-state index in [0.29, 0.717) is 25.2 Å². The fourth-order valence-corrected chi connectivity index (χ4v) is 5.49. The van der Waals surface area contributed by atoms with Crippen LogP contribution in [-0.4, -0.2) is 24.0 Å². The topological polar surface area (TPSA) is 67.4 Å². The van der Waals surface area contributed by atoms with Gasteiger partial charge in [-0.3, -0.25) is 14.9 Å². The number of fused-ring (bicyclic) bond motifs is 1. The summed E-state index contributed by atoms with van der Waals surface area (Å²) in [5, 5.41) is 6.60. The number of nitrogens with one attached hydrogen (secondary N) is 2. The zero-order valence-corrected chi connectivity index (χ0v) is 23.8. The van der Waals surface area contributed by atoms with Gasteiger partial charge in [0.2, 0.25) is 5.91 Å². The Morgan fingerprint density at radius 1 is 0.829 bits per heavy atom. The Hall–Kier alpha value is -4.22. The second kappa shape index (κ2) is 13.4. The van der Waals surface area contributed by atoms with Gasteiger partial charge in [0.15, 0.2) is 0 Å². The molecule has 5 heteroatoms. The third-order valence-corrected chi connectivity index (χ3v) is 7.83. The number of para-hydroxylation sites is 1. The van der Waals surface area contributed by atoms with Gasteiger partial charge in [0.05, 0.1) is 6.04 Å². The summed E-state index contributed by atoms with van der Waals surface area (Å²) in [4.78, 5) is 27.3. The van der Waals surface area contributed by atoms with E-state index in [2.05, 4.69) is 54.8 Å². The zero-order valence-electron chi connectivity index (χ0n) is 23.8. The molecule has 2 N–H and O–H groups in total. The van der Waals surface area contributed by atoms with Gasteiger partial charge in [-0.05, 0) is 65.0 Å². The molecule has 4 aromatic carbocycles. The molecule has 210 valence electrons. The normalized spacial score (nSPS) is 17.3. The predicted molar refractivity (Wildman–Crippen MR) is 164 cm³/mol. The van der Waals surface area contributed by atoms with Crippen LogP contribution in [0.25, 0.3) is 0 Å². The van der Waals surface area contributed by atoms with Crippen molar-refractivity contribution in [2.45, 2.75) is 57.7 Å². The number of hydrogen-bond acceptors (Lipinski definition) is 4. The Morgan fingerprint density at radius 2 is 1.46 bits per heavy atom. The van der Waals surface area contributed by atoms with E-state index in [1.807, 2.05) is 78.9 Å². The van der Waals surface area contributed by atoms with Gasteiger partial charge < -0.3 is 10.1 Å². The van der Waals surface area contributed by atoms with Gasteiger partial charge >= 0.3 is 5.97 Å². The summed E-state index contributed by atoms with van der Waals surface area (Å²) in [5.74, 6) is -0.113. The number of carbonyl (C=O) groups excluding carboxylic acids is 2. The molecule has 1 unspecified atom stereocenters. The van der Waals surface area contributed by atoms with E-state index >= 15 is 0 Å². The van der Waals surface area contributed by atoms with Crippen LogP contribution in [0.4, 0.5) is 5.69 Å². The van der Waals surface area contributed by atoms with E-state index in [1.165, 1.54) is 11.1 Å². The van der Waals surface area contributed by atoms with E-state index in [1.54, 1.807) is 0 Å². The molecule has 0 aromatic heterocycles. The molecule has 4 aromatic rings. The molecule has 1 heterocycles. The maximum Gasteiger partial charge on any atom is 0.323 e. The second-order valence-corrected chi connectivity index (χ2v) is 11.2. The van der Waals surface area contributed by atoms with Crippen molar-refractivity contribution >= 4 is 17.6 Å². The van der Waals surface area contributed by atoms with E-state index in [9.17, 15) is 9.59 Å². The summed E-state index contributed by atoms with van der Waals surface area (Å²) < 4.78 is 5.79. The summed E-state index contributed by atoms with van der Waals surface area (Å²) in [6, 6.07) is 34.9. The van der Waals surface area contributed by atoms with Crippen LogP contribution in [0.2, 0.25) is 0 Å². The predicted octanol–water partition coefficient (Wildman–Crippen LogP) is 6.48. The molecule has 0 spiro atoms. The van der Waals surface area contributed by atoms with Crippen molar-refractivity contribution in [3.8, 4) is 0 Å². The van der Waals surface area contributed by atoms with Crippen LogP contribution >= 0.6 is 0 Å². The Labute approximate surface area is 243 Å². The smallest absolute Gasteiger partial charge is 0.323 e. The van der Waals surface area contributed by atoms with E-state index in [4.69, 9.17) is 4.74 Å². The minimum atomic E-state index is -0.691. The van der Waals surface area contributed by atoms with Crippen molar-refractivity contribution in [3.05, 3.63) is 137 Å². The third kappa shape index (κ3) is 7.50. The lowest BCUT2D eigenvalue weighted by Crippen LogP contribution is -2.53. The summed E-state index contributed by atoms with van der Waals surface area (Å²) in [5.41, 5.74) is 6.30. The number of carbonyl (C=O) groups is 2. The first-order chi connectivity index (χ1) is 20.0. The molecular formula is C36H38N2O3. The fourth-order valence-electron chi connectivity index (χ4n) is 5.49. The highest BCUT2D eigenvalue weighted by Crippen LogP contribution is 2.29. The number of amides is 1. The molecule has 41 heavy (non-hydrogen) atoms. The number of ether oxygens (including phenoxy) is 1. The van der Waals surface area contributed by atoms with Gasteiger partial charge in [-0.2, -0.15) is 0 Å². The lowest BCUT2D eigenvalue weighted by atomic mass is 9.85. The number of esters is 1. The number of rotatable bonds is 10. The molecule has 0 aliphatic carbocycles. The minimum absolute atomic E-state index is 0.0660. The molecule has 3 atom stereocenters. The molecule has 5 nitrogen and oxygen atoms in total. The minimum Gasteiger partial charge on any atom is -0.460 e. The van der Waals surface area contributed by atoms with Gasteiger partial charge in [0.25, 0.3) is 0 Å². The average Bonchev–Trinajstić information content (AvgIpc) is 3.12. The zero-order chi connectivity index (χ0) is 28.6. The first-order valence-corrected chi connectivity index (χ1v) is 14.4. The Morgan fingerprint density at radius 3 is 2.15 bits per heavy atom. The van der Waals surface area contributed by atoms with Crippen LogP contribution in [0.3, 0.4) is 0 Å². The summed E-state index contributed by atoms with van der Waals surface area (Å²) >= 11 is 0. The standard InChI is InChI=1S/C36H38N2O3/c1-25(2)29-19-17-27(18-20-29)21-31-23-30-15-9-10-16-32(30)38-35(39)34(31)37-33(22-26-11-5-3-6-12-26)36(40)41-24-28-13-7-4-8-14-28/h3-20,25,31,33-34,37H,21-24H2,1-2H3,(H,38,39)/t31?,33-,34-/m0/s1. The Kier molecular flexibility index (Phi) is 9.27. The molecule has 1 aliphatic rings. The molecule has 0 bridgehead atoms.